The molecule has 0 fully saturated rings. The summed E-state index contributed by atoms with van der Waals surface area (Å²) in [6.45, 7) is 5.76. The lowest BCUT2D eigenvalue weighted by atomic mass is 10.0. The van der Waals surface area contributed by atoms with Crippen LogP contribution in [-0.4, -0.2) is 24.2 Å². The average Bonchev–Trinajstić information content (AvgIpc) is 2.66. The summed E-state index contributed by atoms with van der Waals surface area (Å²) in [6, 6.07) is 8.71. The lowest BCUT2D eigenvalue weighted by Gasteiger charge is -2.26. The molecular formula is C20H19F3N4O. The molecule has 1 aliphatic rings. The van der Waals surface area contributed by atoms with E-state index in [0.717, 1.165) is 17.7 Å². The van der Waals surface area contributed by atoms with E-state index in [1.807, 2.05) is 0 Å². The zero-order valence-corrected chi connectivity index (χ0v) is 15.3. The van der Waals surface area contributed by atoms with Crippen molar-refractivity contribution in [3.63, 3.8) is 0 Å². The fourth-order valence-electron chi connectivity index (χ4n) is 3.09. The predicted octanol–water partition coefficient (Wildman–Crippen LogP) is 3.91. The lowest BCUT2D eigenvalue weighted by Crippen LogP contribution is -2.35. The smallest absolute Gasteiger partial charge is 0.352 e. The van der Waals surface area contributed by atoms with Gasteiger partial charge in [-0.15, -0.1) is 0 Å². The number of hydrazone groups is 1. The molecule has 1 N–H and O–H groups in total. The van der Waals surface area contributed by atoms with Gasteiger partial charge in [-0.3, -0.25) is 4.79 Å². The van der Waals surface area contributed by atoms with Gasteiger partial charge < -0.3 is 5.32 Å². The van der Waals surface area contributed by atoms with E-state index >= 15 is 0 Å². The molecule has 0 atom stereocenters. The highest BCUT2D eigenvalue weighted by molar-refractivity contribution is 5.95. The maximum atomic E-state index is 12.9. The van der Waals surface area contributed by atoms with E-state index in [-0.39, 0.29) is 5.91 Å². The number of aromatic nitrogens is 1. The van der Waals surface area contributed by atoms with E-state index in [0.29, 0.717) is 42.0 Å². The van der Waals surface area contributed by atoms with Crippen molar-refractivity contribution in [1.82, 2.24) is 10.3 Å². The van der Waals surface area contributed by atoms with E-state index in [2.05, 4.69) is 22.1 Å². The topological polar surface area (TPSA) is 57.6 Å². The second kappa shape index (κ2) is 7.84. The van der Waals surface area contributed by atoms with Gasteiger partial charge in [-0.05, 0) is 42.7 Å². The molecule has 0 spiro atoms. The first-order chi connectivity index (χ1) is 13.3. The summed E-state index contributed by atoms with van der Waals surface area (Å²) in [7, 11) is 0. The van der Waals surface area contributed by atoms with Crippen LogP contribution in [0.3, 0.4) is 0 Å². The predicted molar refractivity (Wildman–Crippen MR) is 101 cm³/mol. The van der Waals surface area contributed by atoms with Crippen molar-refractivity contribution in [1.29, 1.82) is 0 Å². The maximum Gasteiger partial charge on any atom is 0.416 e. The monoisotopic (exact) mass is 388 g/mol. The van der Waals surface area contributed by atoms with Crippen molar-refractivity contribution in [2.45, 2.75) is 25.9 Å². The summed E-state index contributed by atoms with van der Waals surface area (Å²) >= 11 is 0. The number of nitrogens with one attached hydrogen (secondary N) is 1. The number of carbonyl (C=O) groups is 1. The van der Waals surface area contributed by atoms with Crippen LogP contribution in [0.15, 0.2) is 59.0 Å². The molecule has 8 heteroatoms. The quantitative estimate of drug-likeness (QED) is 0.624. The first-order valence-corrected chi connectivity index (χ1v) is 8.65. The molecule has 146 valence electrons. The molecule has 1 aliphatic heterocycles. The van der Waals surface area contributed by atoms with Gasteiger partial charge in [-0.2, -0.15) is 18.3 Å². The van der Waals surface area contributed by atoms with E-state index in [1.54, 1.807) is 31.3 Å². The fraction of sp³-hybridized carbons (Fsp3) is 0.250. The Kier molecular flexibility index (Phi) is 5.48. The number of halogens is 3. The Balaban J connectivity index is 1.89. The molecule has 1 amide bonds. The molecule has 0 bridgehead atoms. The van der Waals surface area contributed by atoms with E-state index in [9.17, 15) is 18.0 Å². The summed E-state index contributed by atoms with van der Waals surface area (Å²) < 4.78 is 38.8. The second-order valence-corrected chi connectivity index (χ2v) is 6.43. The summed E-state index contributed by atoms with van der Waals surface area (Å²) in [4.78, 5) is 16.2. The van der Waals surface area contributed by atoms with Gasteiger partial charge in [0.1, 0.15) is 0 Å². The van der Waals surface area contributed by atoms with Crippen LogP contribution >= 0.6 is 0 Å². The molecule has 2 heterocycles. The average molecular weight is 388 g/mol. The lowest BCUT2D eigenvalue weighted by molar-refractivity contribution is -0.137. The molecule has 1 aromatic heterocycles. The van der Waals surface area contributed by atoms with Crippen LogP contribution in [0.1, 0.15) is 30.0 Å². The number of hydrogen-bond acceptors (Lipinski definition) is 4. The van der Waals surface area contributed by atoms with Crippen LogP contribution in [-0.2, 0) is 17.4 Å². The van der Waals surface area contributed by atoms with Gasteiger partial charge in [0.15, 0.2) is 5.82 Å². The van der Waals surface area contributed by atoms with Crippen LogP contribution in [0.25, 0.3) is 0 Å². The third-order valence-corrected chi connectivity index (χ3v) is 4.51. The van der Waals surface area contributed by atoms with Crippen molar-refractivity contribution < 1.29 is 18.0 Å². The van der Waals surface area contributed by atoms with E-state index in [4.69, 9.17) is 0 Å². The molecule has 0 radical (unpaired) electrons. The highest BCUT2D eigenvalue weighted by Gasteiger charge is 2.30. The molecule has 0 saturated heterocycles. The molecule has 3 rings (SSSR count). The van der Waals surface area contributed by atoms with E-state index < -0.39 is 11.7 Å². The number of alkyl halides is 3. The van der Waals surface area contributed by atoms with Crippen LogP contribution in [0.4, 0.5) is 19.0 Å². The molecule has 0 saturated carbocycles. The van der Waals surface area contributed by atoms with Crippen LogP contribution in [0.2, 0.25) is 0 Å². The molecule has 5 nitrogen and oxygen atoms in total. The number of benzene rings is 1. The molecule has 0 unspecified atom stereocenters. The fourth-order valence-corrected chi connectivity index (χ4v) is 3.09. The second-order valence-electron chi connectivity index (χ2n) is 6.43. The molecule has 1 aromatic carbocycles. The summed E-state index contributed by atoms with van der Waals surface area (Å²) in [5.41, 5.74) is 1.86. The molecular weight excluding hydrogens is 369 g/mol. The summed E-state index contributed by atoms with van der Waals surface area (Å²) in [5.74, 6) is 0.290. The number of pyridine rings is 1. The van der Waals surface area contributed by atoms with Gasteiger partial charge in [0.25, 0.3) is 0 Å². The zero-order chi connectivity index (χ0) is 20.3. The molecule has 0 aliphatic carbocycles. The van der Waals surface area contributed by atoms with Gasteiger partial charge >= 0.3 is 6.18 Å². The Morgan fingerprint density at radius 3 is 2.71 bits per heavy atom. The minimum absolute atomic E-state index is 0.171. The Labute approximate surface area is 160 Å². The van der Waals surface area contributed by atoms with Gasteiger partial charge in [0, 0.05) is 31.5 Å². The SMILES string of the molecule is C=NN(C1=C(C)C(=O)NCC1)c1cc(Cc2cccc(C(F)(F)F)c2)ccn1. The van der Waals surface area contributed by atoms with Gasteiger partial charge in [0.2, 0.25) is 5.91 Å². The maximum absolute atomic E-state index is 12.9. The first kappa shape index (κ1) is 19.6. The summed E-state index contributed by atoms with van der Waals surface area (Å²) in [5, 5.41) is 8.26. The molecule has 2 aromatic rings. The van der Waals surface area contributed by atoms with Crippen molar-refractivity contribution in [2.75, 3.05) is 11.6 Å². The standard InChI is InChI=1S/C20H19F3N4O/c1-13-17(7-9-26-19(13)28)27(24-2)18-12-15(6-8-25-18)10-14-4-3-5-16(11-14)20(21,22)23/h3-6,8,11-12H,2,7,9-10H2,1H3,(H,26,28). The largest absolute Gasteiger partial charge is 0.416 e. The zero-order valence-electron chi connectivity index (χ0n) is 15.3. The highest BCUT2D eigenvalue weighted by atomic mass is 19.4. The first-order valence-electron chi connectivity index (χ1n) is 8.65. The summed E-state index contributed by atoms with van der Waals surface area (Å²) in [6.07, 6.45) is -1.93. The van der Waals surface area contributed by atoms with Gasteiger partial charge in [-0.25, -0.2) is 9.99 Å². The Bertz CT molecular complexity index is 937. The van der Waals surface area contributed by atoms with Crippen LogP contribution in [0.5, 0.6) is 0 Å². The van der Waals surface area contributed by atoms with Crippen molar-refractivity contribution >= 4 is 18.4 Å². The van der Waals surface area contributed by atoms with Crippen molar-refractivity contribution in [3.05, 3.63) is 70.6 Å². The van der Waals surface area contributed by atoms with Crippen molar-refractivity contribution in [2.24, 2.45) is 5.10 Å². The number of anilines is 1. The number of hydrogen-bond donors (Lipinski definition) is 1. The third kappa shape index (κ3) is 4.21. The number of carbonyl (C=O) groups excluding carboxylic acids is 1. The number of rotatable bonds is 5. The Morgan fingerprint density at radius 2 is 2.00 bits per heavy atom. The highest BCUT2D eigenvalue weighted by Crippen LogP contribution is 2.30. The Morgan fingerprint density at radius 1 is 1.25 bits per heavy atom. The van der Waals surface area contributed by atoms with Crippen molar-refractivity contribution in [3.8, 4) is 0 Å². The van der Waals surface area contributed by atoms with Gasteiger partial charge in [0.05, 0.1) is 11.3 Å². The van der Waals surface area contributed by atoms with Crippen LogP contribution < -0.4 is 10.3 Å². The minimum atomic E-state index is -4.38. The molecule has 28 heavy (non-hydrogen) atoms. The Hall–Kier alpha value is -3.16. The van der Waals surface area contributed by atoms with Gasteiger partial charge in [-0.1, -0.05) is 18.2 Å². The number of nitrogens with zero attached hydrogens (tertiary/aromatic N) is 3. The van der Waals surface area contributed by atoms with Crippen LogP contribution in [0, 0.1) is 0 Å². The van der Waals surface area contributed by atoms with E-state index in [1.165, 1.54) is 11.1 Å². The number of amides is 1. The normalized spacial score (nSPS) is 14.6. The minimum Gasteiger partial charge on any atom is -0.352 e. The third-order valence-electron chi connectivity index (χ3n) is 4.51.